The molecule has 0 saturated heterocycles. The summed E-state index contributed by atoms with van der Waals surface area (Å²) in [7, 11) is 0. The first-order valence-corrected chi connectivity index (χ1v) is 3.77. The molecule has 0 aliphatic carbocycles. The monoisotopic (exact) mass is 167 g/mol. The van der Waals surface area contributed by atoms with Gasteiger partial charge in [-0.3, -0.25) is 10.1 Å². The van der Waals surface area contributed by atoms with E-state index in [9.17, 15) is 4.79 Å². The summed E-state index contributed by atoms with van der Waals surface area (Å²) in [5.74, 6) is -0.804. The molecule has 1 aliphatic rings. The van der Waals surface area contributed by atoms with Gasteiger partial charge in [-0.1, -0.05) is 0 Å². The molecule has 64 valence electrons. The third kappa shape index (κ3) is 1.10. The molecule has 0 amide bonds. The van der Waals surface area contributed by atoms with Crippen molar-refractivity contribution >= 4 is 5.97 Å². The van der Waals surface area contributed by atoms with Crippen molar-refractivity contribution in [2.24, 2.45) is 0 Å². The maximum atomic E-state index is 10.6. The number of carboxylic acid groups (broad SMARTS) is 1. The molecule has 0 spiro atoms. The van der Waals surface area contributed by atoms with Gasteiger partial charge in [0, 0.05) is 18.5 Å². The summed E-state index contributed by atoms with van der Waals surface area (Å²) >= 11 is 0. The van der Waals surface area contributed by atoms with Crippen LogP contribution in [0.3, 0.4) is 0 Å². The summed E-state index contributed by atoms with van der Waals surface area (Å²) in [6, 6.07) is -0.463. The second-order valence-electron chi connectivity index (χ2n) is 2.90. The highest BCUT2D eigenvalue weighted by Gasteiger charge is 2.24. The first-order chi connectivity index (χ1) is 5.77. The molecule has 0 saturated carbocycles. The summed E-state index contributed by atoms with van der Waals surface area (Å²) in [5.41, 5.74) is 2.06. The van der Waals surface area contributed by atoms with Gasteiger partial charge < -0.3 is 9.52 Å². The fourth-order valence-corrected chi connectivity index (χ4v) is 1.38. The van der Waals surface area contributed by atoms with Gasteiger partial charge in [0.25, 0.3) is 0 Å². The van der Waals surface area contributed by atoms with Gasteiger partial charge in [0.1, 0.15) is 6.04 Å². The van der Waals surface area contributed by atoms with Crippen molar-refractivity contribution < 1.29 is 14.3 Å². The van der Waals surface area contributed by atoms with Crippen LogP contribution in [-0.2, 0) is 17.8 Å². The Balaban J connectivity index is 2.20. The van der Waals surface area contributed by atoms with E-state index >= 15 is 0 Å². The van der Waals surface area contributed by atoms with Gasteiger partial charge in [0.15, 0.2) is 0 Å². The lowest BCUT2D eigenvalue weighted by atomic mass is 10.0. The van der Waals surface area contributed by atoms with Crippen LogP contribution in [0.2, 0.25) is 0 Å². The van der Waals surface area contributed by atoms with Crippen LogP contribution in [0.25, 0.3) is 0 Å². The van der Waals surface area contributed by atoms with E-state index in [1.54, 1.807) is 12.5 Å². The fraction of sp³-hybridized carbons (Fsp3) is 0.375. The molecule has 0 bridgehead atoms. The molecule has 0 unspecified atom stereocenters. The summed E-state index contributed by atoms with van der Waals surface area (Å²) in [5, 5.41) is 11.6. The minimum Gasteiger partial charge on any atom is -0.480 e. The molecule has 1 atom stereocenters. The molecule has 2 heterocycles. The zero-order valence-electron chi connectivity index (χ0n) is 6.41. The van der Waals surface area contributed by atoms with Gasteiger partial charge >= 0.3 is 5.97 Å². The Morgan fingerprint density at radius 1 is 1.58 bits per heavy atom. The van der Waals surface area contributed by atoms with Crippen LogP contribution in [-0.4, -0.2) is 17.1 Å². The van der Waals surface area contributed by atoms with E-state index < -0.39 is 12.0 Å². The average Bonchev–Trinajstić information content (AvgIpc) is 2.49. The van der Waals surface area contributed by atoms with Crippen LogP contribution in [0.5, 0.6) is 0 Å². The summed E-state index contributed by atoms with van der Waals surface area (Å²) in [6.45, 7) is 0.586. The maximum absolute atomic E-state index is 10.6. The van der Waals surface area contributed by atoms with Gasteiger partial charge in [-0.05, 0) is 5.56 Å². The molecule has 12 heavy (non-hydrogen) atoms. The number of carboxylic acids is 1. The third-order valence-electron chi connectivity index (χ3n) is 2.09. The lowest BCUT2D eigenvalue weighted by molar-refractivity contribution is -0.139. The van der Waals surface area contributed by atoms with E-state index in [1.165, 1.54) is 0 Å². The highest BCUT2D eigenvalue weighted by molar-refractivity contribution is 5.74. The van der Waals surface area contributed by atoms with Crippen molar-refractivity contribution in [1.82, 2.24) is 5.32 Å². The summed E-state index contributed by atoms with van der Waals surface area (Å²) in [6.07, 6.45) is 3.79. The number of carbonyl (C=O) groups is 1. The van der Waals surface area contributed by atoms with E-state index in [1.807, 2.05) is 0 Å². The predicted octanol–water partition coefficient (Wildman–Crippen LogP) is 0.379. The molecule has 2 N–H and O–H groups in total. The maximum Gasteiger partial charge on any atom is 0.321 e. The molecule has 0 aromatic carbocycles. The highest BCUT2D eigenvalue weighted by atomic mass is 16.4. The smallest absolute Gasteiger partial charge is 0.321 e. The van der Waals surface area contributed by atoms with Crippen molar-refractivity contribution in [3.05, 3.63) is 23.7 Å². The topological polar surface area (TPSA) is 62.5 Å². The van der Waals surface area contributed by atoms with Crippen molar-refractivity contribution in [3.63, 3.8) is 0 Å². The number of hydrogen-bond donors (Lipinski definition) is 2. The van der Waals surface area contributed by atoms with E-state index in [-0.39, 0.29) is 0 Å². The number of rotatable bonds is 1. The molecule has 1 aliphatic heterocycles. The number of hydrogen-bond acceptors (Lipinski definition) is 3. The predicted molar refractivity (Wildman–Crippen MR) is 40.7 cm³/mol. The normalized spacial score (nSPS) is 21.8. The molecule has 0 radical (unpaired) electrons. The Hall–Kier alpha value is -1.29. The molecule has 4 heteroatoms. The van der Waals surface area contributed by atoms with Crippen LogP contribution >= 0.6 is 0 Å². The van der Waals surface area contributed by atoms with Gasteiger partial charge in [0.2, 0.25) is 0 Å². The standard InChI is InChI=1S/C8H9NO3/c10-8(11)7-1-5-3-12-4-6(5)2-9-7/h3-4,7,9H,1-2H2,(H,10,11)/t7-/m1/s1. The molecular formula is C8H9NO3. The molecule has 1 aromatic heterocycles. The molecule has 4 nitrogen and oxygen atoms in total. The third-order valence-corrected chi connectivity index (χ3v) is 2.09. The van der Waals surface area contributed by atoms with Crippen molar-refractivity contribution in [1.29, 1.82) is 0 Å². The Bertz CT molecular complexity index is 305. The molecular weight excluding hydrogens is 158 g/mol. The lowest BCUT2D eigenvalue weighted by Crippen LogP contribution is -2.41. The van der Waals surface area contributed by atoms with Gasteiger partial charge in [-0.25, -0.2) is 0 Å². The Labute approximate surface area is 69.2 Å². The molecule has 0 fully saturated rings. The number of fused-ring (bicyclic) bond motifs is 1. The van der Waals surface area contributed by atoms with Crippen molar-refractivity contribution in [2.75, 3.05) is 0 Å². The second-order valence-corrected chi connectivity index (χ2v) is 2.90. The Kier molecular flexibility index (Phi) is 1.62. The average molecular weight is 167 g/mol. The van der Waals surface area contributed by atoms with E-state index in [0.717, 1.165) is 11.1 Å². The van der Waals surface area contributed by atoms with E-state index in [4.69, 9.17) is 9.52 Å². The largest absolute Gasteiger partial charge is 0.480 e. The summed E-state index contributed by atoms with van der Waals surface area (Å²) < 4.78 is 4.96. The first kappa shape index (κ1) is 7.36. The van der Waals surface area contributed by atoms with Crippen LogP contribution in [0.4, 0.5) is 0 Å². The SMILES string of the molecule is O=C(O)[C@H]1Cc2cocc2CN1. The Morgan fingerprint density at radius 3 is 3.08 bits per heavy atom. The minimum atomic E-state index is -0.804. The number of aliphatic carboxylic acids is 1. The van der Waals surface area contributed by atoms with Crippen molar-refractivity contribution in [2.45, 2.75) is 19.0 Å². The van der Waals surface area contributed by atoms with Gasteiger partial charge in [0.05, 0.1) is 12.5 Å². The van der Waals surface area contributed by atoms with Crippen molar-refractivity contribution in [3.8, 4) is 0 Å². The minimum absolute atomic E-state index is 0.463. The van der Waals surface area contributed by atoms with Gasteiger partial charge in [-0.15, -0.1) is 0 Å². The highest BCUT2D eigenvalue weighted by Crippen LogP contribution is 2.17. The first-order valence-electron chi connectivity index (χ1n) is 3.77. The molecule has 1 aromatic rings. The quantitative estimate of drug-likeness (QED) is 0.634. The lowest BCUT2D eigenvalue weighted by Gasteiger charge is -2.18. The van der Waals surface area contributed by atoms with Crippen LogP contribution in [0.1, 0.15) is 11.1 Å². The number of furan rings is 1. The summed E-state index contributed by atoms with van der Waals surface area (Å²) in [4.78, 5) is 10.6. The van der Waals surface area contributed by atoms with Crippen LogP contribution < -0.4 is 5.32 Å². The van der Waals surface area contributed by atoms with E-state index in [2.05, 4.69) is 5.32 Å². The van der Waals surface area contributed by atoms with Crippen LogP contribution in [0, 0.1) is 0 Å². The zero-order chi connectivity index (χ0) is 8.55. The van der Waals surface area contributed by atoms with Gasteiger partial charge in [-0.2, -0.15) is 0 Å². The van der Waals surface area contributed by atoms with E-state index in [0.29, 0.717) is 13.0 Å². The fourth-order valence-electron chi connectivity index (χ4n) is 1.38. The van der Waals surface area contributed by atoms with Crippen LogP contribution in [0.15, 0.2) is 16.9 Å². The molecule has 2 rings (SSSR count). The second kappa shape index (κ2) is 2.64. The Morgan fingerprint density at radius 2 is 2.33 bits per heavy atom. The zero-order valence-corrected chi connectivity index (χ0v) is 6.41. The number of nitrogens with one attached hydrogen (secondary N) is 1.